The highest BCUT2D eigenvalue weighted by Crippen LogP contribution is 2.40. The van der Waals surface area contributed by atoms with Crippen molar-refractivity contribution in [1.82, 2.24) is 24.8 Å². The van der Waals surface area contributed by atoms with Gasteiger partial charge in [-0.3, -0.25) is 14.8 Å². The summed E-state index contributed by atoms with van der Waals surface area (Å²) >= 11 is 5.85. The average molecular weight is 441 g/mol. The molecule has 2 aromatic heterocycles. The maximum absolute atomic E-state index is 11.8. The molecule has 1 unspecified atom stereocenters. The van der Waals surface area contributed by atoms with Crippen LogP contribution in [0.25, 0.3) is 5.70 Å². The topological polar surface area (TPSA) is 65.5 Å². The van der Waals surface area contributed by atoms with E-state index in [0.717, 1.165) is 61.9 Å². The summed E-state index contributed by atoms with van der Waals surface area (Å²) < 4.78 is 0. The summed E-state index contributed by atoms with van der Waals surface area (Å²) in [6, 6.07) is 3.76. The third kappa shape index (κ3) is 4.57. The summed E-state index contributed by atoms with van der Waals surface area (Å²) in [7, 11) is 2.12. The minimum Gasteiger partial charge on any atom is -0.340 e. The van der Waals surface area contributed by atoms with Gasteiger partial charge in [0.05, 0.1) is 22.5 Å². The van der Waals surface area contributed by atoms with Crippen molar-refractivity contribution < 1.29 is 4.79 Å². The largest absolute Gasteiger partial charge is 0.340 e. The fourth-order valence-electron chi connectivity index (χ4n) is 4.13. The molecular formula is C23H29ClN6O. The zero-order chi connectivity index (χ0) is 22.0. The van der Waals surface area contributed by atoms with Crippen LogP contribution in [-0.2, 0) is 4.79 Å². The smallest absolute Gasteiger partial charge is 0.225 e. The Morgan fingerprint density at radius 3 is 2.39 bits per heavy atom. The van der Waals surface area contributed by atoms with Crippen molar-refractivity contribution in [2.24, 2.45) is 5.92 Å². The molecule has 0 N–H and O–H groups in total. The maximum atomic E-state index is 11.8. The number of pyridine rings is 1. The quantitative estimate of drug-likeness (QED) is 0.710. The van der Waals surface area contributed by atoms with Crippen LogP contribution >= 0.6 is 11.6 Å². The van der Waals surface area contributed by atoms with Crippen LogP contribution < -0.4 is 4.90 Å². The second-order valence-electron chi connectivity index (χ2n) is 8.37. The van der Waals surface area contributed by atoms with Gasteiger partial charge < -0.3 is 14.7 Å². The van der Waals surface area contributed by atoms with E-state index in [4.69, 9.17) is 11.6 Å². The molecule has 1 aliphatic carbocycles. The number of piperazine rings is 1. The second-order valence-corrected chi connectivity index (χ2v) is 8.81. The predicted octanol–water partition coefficient (Wildman–Crippen LogP) is 3.64. The SMILES string of the molecule is C=C1c2nccnc2C(C)N1c1ccc(Cl)cn1.CN1CCN(C(=O)C2CCC2)CC1. The molecule has 0 aromatic carbocycles. The lowest BCUT2D eigenvalue weighted by molar-refractivity contribution is -0.139. The van der Waals surface area contributed by atoms with E-state index >= 15 is 0 Å². The molecule has 1 amide bonds. The second kappa shape index (κ2) is 9.32. The Balaban J connectivity index is 0.000000158. The summed E-state index contributed by atoms with van der Waals surface area (Å²) in [5.74, 6) is 1.60. The molecule has 7 nitrogen and oxygen atoms in total. The number of nitrogens with zero attached hydrogens (tertiary/aromatic N) is 6. The van der Waals surface area contributed by atoms with E-state index in [-0.39, 0.29) is 6.04 Å². The van der Waals surface area contributed by atoms with E-state index in [1.54, 1.807) is 18.6 Å². The van der Waals surface area contributed by atoms with Gasteiger partial charge in [0.25, 0.3) is 0 Å². The Morgan fingerprint density at radius 1 is 1.10 bits per heavy atom. The number of hydrogen-bond acceptors (Lipinski definition) is 6. The van der Waals surface area contributed by atoms with Gasteiger partial charge in [0.2, 0.25) is 5.91 Å². The summed E-state index contributed by atoms with van der Waals surface area (Å²) in [4.78, 5) is 31.2. The van der Waals surface area contributed by atoms with Gasteiger partial charge in [-0.05, 0) is 38.9 Å². The van der Waals surface area contributed by atoms with Crippen molar-refractivity contribution in [2.45, 2.75) is 32.2 Å². The molecule has 31 heavy (non-hydrogen) atoms. The third-order valence-electron chi connectivity index (χ3n) is 6.30. The summed E-state index contributed by atoms with van der Waals surface area (Å²) in [6.07, 6.45) is 8.51. The van der Waals surface area contributed by atoms with Crippen molar-refractivity contribution in [3.8, 4) is 0 Å². The first-order valence-corrected chi connectivity index (χ1v) is 11.2. The summed E-state index contributed by atoms with van der Waals surface area (Å²) in [5, 5.41) is 0.616. The monoisotopic (exact) mass is 440 g/mol. The Kier molecular flexibility index (Phi) is 6.53. The number of likely N-dealkylation sites (N-methyl/N-ethyl adjacent to an activating group) is 1. The van der Waals surface area contributed by atoms with Gasteiger partial charge in [-0.2, -0.15) is 0 Å². The highest BCUT2D eigenvalue weighted by Gasteiger charge is 2.33. The van der Waals surface area contributed by atoms with Gasteiger partial charge in [-0.1, -0.05) is 24.6 Å². The lowest BCUT2D eigenvalue weighted by Crippen LogP contribution is -2.49. The first kappa shape index (κ1) is 21.7. The van der Waals surface area contributed by atoms with Crippen LogP contribution in [0, 0.1) is 5.92 Å². The molecular weight excluding hydrogens is 412 g/mol. The lowest BCUT2D eigenvalue weighted by Gasteiger charge is -2.36. The number of rotatable bonds is 2. The van der Waals surface area contributed by atoms with Crippen LogP contribution in [0.15, 0.2) is 37.3 Å². The van der Waals surface area contributed by atoms with Gasteiger partial charge in [-0.15, -0.1) is 0 Å². The van der Waals surface area contributed by atoms with Crippen LogP contribution in [0.1, 0.15) is 43.6 Å². The van der Waals surface area contributed by atoms with E-state index < -0.39 is 0 Å². The Morgan fingerprint density at radius 2 is 1.81 bits per heavy atom. The van der Waals surface area contributed by atoms with E-state index in [0.29, 0.717) is 16.8 Å². The highest BCUT2D eigenvalue weighted by atomic mass is 35.5. The molecule has 164 valence electrons. The predicted molar refractivity (Wildman–Crippen MR) is 123 cm³/mol. The first-order valence-electron chi connectivity index (χ1n) is 10.8. The lowest BCUT2D eigenvalue weighted by atomic mass is 9.84. The molecule has 0 radical (unpaired) electrons. The minimum absolute atomic E-state index is 0.0786. The molecule has 0 spiro atoms. The van der Waals surface area contributed by atoms with Crippen LogP contribution in [0.3, 0.4) is 0 Å². The van der Waals surface area contributed by atoms with Gasteiger partial charge >= 0.3 is 0 Å². The number of hydrogen-bond donors (Lipinski definition) is 0. The molecule has 3 aliphatic rings. The van der Waals surface area contributed by atoms with Crippen LogP contribution in [-0.4, -0.2) is 63.9 Å². The molecule has 1 saturated carbocycles. The zero-order valence-corrected chi connectivity index (χ0v) is 18.9. The number of carbonyl (C=O) groups is 1. The van der Waals surface area contributed by atoms with Crippen LogP contribution in [0.4, 0.5) is 5.82 Å². The molecule has 4 heterocycles. The molecule has 2 fully saturated rings. The van der Waals surface area contributed by atoms with E-state index in [9.17, 15) is 4.79 Å². The molecule has 2 aromatic rings. The normalized spacial score (nSPS) is 21.3. The van der Waals surface area contributed by atoms with Crippen molar-refractivity contribution in [1.29, 1.82) is 0 Å². The molecule has 1 atom stereocenters. The van der Waals surface area contributed by atoms with Crippen molar-refractivity contribution in [3.05, 3.63) is 53.7 Å². The number of amides is 1. The Hall–Kier alpha value is -2.51. The van der Waals surface area contributed by atoms with Gasteiger partial charge in [0, 0.05) is 50.7 Å². The standard InChI is InChI=1S/C13H11ClN4.C10H18N2O/c1-8-12-13(16-6-5-15-12)9(2)18(8)11-4-3-10(14)7-17-11;1-11-5-7-12(8-6-11)10(13)9-3-2-4-9/h3-7,9H,1H2,2H3;9H,2-8H2,1H3. The summed E-state index contributed by atoms with van der Waals surface area (Å²) in [5.41, 5.74) is 2.58. The number of aromatic nitrogens is 3. The Labute approximate surface area is 188 Å². The number of carbonyl (C=O) groups excluding carboxylic acids is 1. The van der Waals surface area contributed by atoms with E-state index in [1.807, 2.05) is 21.9 Å². The molecule has 8 heteroatoms. The van der Waals surface area contributed by atoms with Crippen LogP contribution in [0.5, 0.6) is 0 Å². The van der Waals surface area contributed by atoms with Crippen molar-refractivity contribution in [3.63, 3.8) is 0 Å². The van der Waals surface area contributed by atoms with Crippen molar-refractivity contribution >= 4 is 29.0 Å². The van der Waals surface area contributed by atoms with Gasteiger partial charge in [0.1, 0.15) is 11.5 Å². The molecule has 1 saturated heterocycles. The fourth-order valence-corrected chi connectivity index (χ4v) is 4.25. The van der Waals surface area contributed by atoms with Crippen molar-refractivity contribution in [2.75, 3.05) is 38.1 Å². The molecule has 5 rings (SSSR count). The summed E-state index contributed by atoms with van der Waals surface area (Å²) in [6.45, 7) is 10.1. The third-order valence-corrected chi connectivity index (χ3v) is 6.53. The Bertz CT molecular complexity index is 937. The van der Waals surface area contributed by atoms with Crippen LogP contribution in [0.2, 0.25) is 5.02 Å². The number of halogens is 1. The van der Waals surface area contributed by atoms with E-state index in [2.05, 4.69) is 40.4 Å². The maximum Gasteiger partial charge on any atom is 0.225 e. The first-order chi connectivity index (χ1) is 15.0. The zero-order valence-electron chi connectivity index (χ0n) is 18.2. The number of anilines is 1. The minimum atomic E-state index is 0.0786. The highest BCUT2D eigenvalue weighted by molar-refractivity contribution is 6.30. The molecule has 0 bridgehead atoms. The average Bonchev–Trinajstić information content (AvgIpc) is 2.99. The molecule has 2 aliphatic heterocycles. The number of fused-ring (bicyclic) bond motifs is 1. The fraction of sp³-hybridized carbons (Fsp3) is 0.478. The van der Waals surface area contributed by atoms with E-state index in [1.165, 1.54) is 6.42 Å². The van der Waals surface area contributed by atoms with Gasteiger partial charge in [-0.25, -0.2) is 4.98 Å². The van der Waals surface area contributed by atoms with Gasteiger partial charge in [0.15, 0.2) is 0 Å².